The summed E-state index contributed by atoms with van der Waals surface area (Å²) in [6.45, 7) is 3.60. The van der Waals surface area contributed by atoms with Crippen LogP contribution in [0, 0.1) is 10.1 Å². The fraction of sp³-hybridized carbons (Fsp3) is 0.214. The summed E-state index contributed by atoms with van der Waals surface area (Å²) in [6.07, 6.45) is 5.67. The van der Waals surface area contributed by atoms with E-state index in [0.29, 0.717) is 6.54 Å². The monoisotopic (exact) mass is 270 g/mol. The van der Waals surface area contributed by atoms with Gasteiger partial charge in [0.05, 0.1) is 11.5 Å². The van der Waals surface area contributed by atoms with Gasteiger partial charge >= 0.3 is 0 Å². The average Bonchev–Trinajstić information content (AvgIpc) is 3.05. The van der Waals surface area contributed by atoms with Crippen LogP contribution in [-0.2, 0) is 13.1 Å². The van der Waals surface area contributed by atoms with E-state index in [4.69, 9.17) is 0 Å². The lowest BCUT2D eigenvalue weighted by Crippen LogP contribution is -2.06. The smallest absolute Gasteiger partial charge is 0.270 e. The Balaban J connectivity index is 1.99. The molecular weight excluding hydrogens is 256 g/mol. The van der Waals surface area contributed by atoms with Crippen LogP contribution in [0.2, 0.25) is 0 Å². The molecule has 0 aliphatic carbocycles. The molecule has 102 valence electrons. The van der Waals surface area contributed by atoms with Crippen LogP contribution in [0.1, 0.15) is 12.7 Å². The Morgan fingerprint density at radius 2 is 2.10 bits per heavy atom. The van der Waals surface area contributed by atoms with Crippen molar-refractivity contribution < 1.29 is 4.92 Å². The minimum Gasteiger partial charge on any atom is -0.340 e. The van der Waals surface area contributed by atoms with E-state index in [1.54, 1.807) is 18.3 Å². The first-order valence-electron chi connectivity index (χ1n) is 6.42. The van der Waals surface area contributed by atoms with Gasteiger partial charge in [-0.2, -0.15) is 0 Å². The Kier molecular flexibility index (Phi) is 2.98. The number of nitro benzene ring substituents is 1. The third-order valence-corrected chi connectivity index (χ3v) is 3.42. The molecule has 0 amide bonds. The minimum absolute atomic E-state index is 0.116. The van der Waals surface area contributed by atoms with Crippen LogP contribution < -0.4 is 0 Å². The normalized spacial score (nSPS) is 11.1. The Morgan fingerprint density at radius 3 is 2.85 bits per heavy atom. The molecule has 0 unspecified atom stereocenters. The Bertz CT molecular complexity index is 772. The number of nitrogens with zero attached hydrogens (tertiary/aromatic N) is 4. The summed E-state index contributed by atoms with van der Waals surface area (Å²) in [4.78, 5) is 14.8. The standard InChI is InChI=1S/C14H14N4O2/c1-2-16-8-6-15-14(16)10-17-7-5-11-9-12(18(19)20)3-4-13(11)17/h3-9H,2,10H2,1H3. The zero-order chi connectivity index (χ0) is 14.1. The molecule has 0 aliphatic heterocycles. The molecule has 0 N–H and O–H groups in total. The van der Waals surface area contributed by atoms with Gasteiger partial charge in [-0.1, -0.05) is 0 Å². The number of fused-ring (bicyclic) bond motifs is 1. The SMILES string of the molecule is CCn1ccnc1Cn1ccc2cc([N+](=O)[O-])ccc21. The Hall–Kier alpha value is -2.63. The first-order valence-corrected chi connectivity index (χ1v) is 6.42. The summed E-state index contributed by atoms with van der Waals surface area (Å²) in [5.41, 5.74) is 1.09. The zero-order valence-corrected chi connectivity index (χ0v) is 11.1. The number of non-ortho nitro benzene ring substituents is 1. The van der Waals surface area contributed by atoms with Crippen molar-refractivity contribution in [2.75, 3.05) is 0 Å². The van der Waals surface area contributed by atoms with Crippen molar-refractivity contribution in [3.8, 4) is 0 Å². The highest BCUT2D eigenvalue weighted by atomic mass is 16.6. The van der Waals surface area contributed by atoms with E-state index < -0.39 is 0 Å². The van der Waals surface area contributed by atoms with Gasteiger partial charge in [-0.15, -0.1) is 0 Å². The molecule has 0 aliphatic rings. The molecule has 0 saturated carbocycles. The van der Waals surface area contributed by atoms with Crippen molar-refractivity contribution in [3.63, 3.8) is 0 Å². The molecule has 0 fully saturated rings. The Morgan fingerprint density at radius 1 is 1.25 bits per heavy atom. The molecule has 0 saturated heterocycles. The fourth-order valence-electron chi connectivity index (χ4n) is 2.37. The minimum atomic E-state index is -0.374. The van der Waals surface area contributed by atoms with Gasteiger partial charge in [-0.05, 0) is 19.1 Å². The number of aromatic nitrogens is 3. The van der Waals surface area contributed by atoms with Crippen molar-refractivity contribution in [1.82, 2.24) is 14.1 Å². The van der Waals surface area contributed by atoms with Crippen molar-refractivity contribution >= 4 is 16.6 Å². The van der Waals surface area contributed by atoms with Gasteiger partial charge in [0.2, 0.25) is 0 Å². The molecule has 0 spiro atoms. The Labute approximate surface area is 115 Å². The summed E-state index contributed by atoms with van der Waals surface area (Å²) in [7, 11) is 0. The van der Waals surface area contributed by atoms with Crippen molar-refractivity contribution in [3.05, 3.63) is 58.8 Å². The summed E-state index contributed by atoms with van der Waals surface area (Å²) in [5.74, 6) is 0.975. The number of rotatable bonds is 4. The first-order chi connectivity index (χ1) is 9.69. The predicted octanol–water partition coefficient (Wildman–Crippen LogP) is 2.81. The quantitative estimate of drug-likeness (QED) is 0.541. The van der Waals surface area contributed by atoms with E-state index in [2.05, 4.69) is 16.5 Å². The number of benzene rings is 1. The van der Waals surface area contributed by atoms with Gasteiger partial charge < -0.3 is 9.13 Å². The second kappa shape index (κ2) is 4.80. The number of hydrogen-bond acceptors (Lipinski definition) is 3. The molecule has 3 rings (SSSR count). The van der Waals surface area contributed by atoms with E-state index in [1.165, 1.54) is 6.07 Å². The van der Waals surface area contributed by atoms with Crippen LogP contribution >= 0.6 is 0 Å². The third-order valence-electron chi connectivity index (χ3n) is 3.42. The van der Waals surface area contributed by atoms with Crippen LogP contribution in [0.3, 0.4) is 0 Å². The second-order valence-electron chi connectivity index (χ2n) is 4.57. The maximum Gasteiger partial charge on any atom is 0.270 e. The van der Waals surface area contributed by atoms with E-state index in [0.717, 1.165) is 23.3 Å². The van der Waals surface area contributed by atoms with E-state index in [9.17, 15) is 10.1 Å². The van der Waals surface area contributed by atoms with Gasteiger partial charge in [-0.3, -0.25) is 10.1 Å². The van der Waals surface area contributed by atoms with Gasteiger partial charge in [-0.25, -0.2) is 4.98 Å². The number of aryl methyl sites for hydroxylation is 1. The van der Waals surface area contributed by atoms with Crippen LogP contribution in [-0.4, -0.2) is 19.0 Å². The van der Waals surface area contributed by atoms with Crippen LogP contribution in [0.25, 0.3) is 10.9 Å². The van der Waals surface area contributed by atoms with Crippen molar-refractivity contribution in [2.24, 2.45) is 0 Å². The molecule has 0 atom stereocenters. The summed E-state index contributed by atoms with van der Waals surface area (Å²) in [6, 6.07) is 6.80. The lowest BCUT2D eigenvalue weighted by molar-refractivity contribution is -0.384. The van der Waals surface area contributed by atoms with Crippen molar-refractivity contribution in [1.29, 1.82) is 0 Å². The average molecular weight is 270 g/mol. The van der Waals surface area contributed by atoms with Gasteiger partial charge in [0.15, 0.2) is 0 Å². The van der Waals surface area contributed by atoms with Gasteiger partial charge in [0.1, 0.15) is 5.82 Å². The largest absolute Gasteiger partial charge is 0.340 e. The number of hydrogen-bond donors (Lipinski definition) is 0. The first kappa shape index (κ1) is 12.4. The summed E-state index contributed by atoms with van der Waals surface area (Å²) in [5, 5.41) is 11.6. The van der Waals surface area contributed by atoms with Crippen LogP contribution in [0.5, 0.6) is 0 Å². The lowest BCUT2D eigenvalue weighted by atomic mass is 10.2. The molecule has 1 aromatic carbocycles. The maximum absolute atomic E-state index is 10.8. The lowest BCUT2D eigenvalue weighted by Gasteiger charge is -2.07. The van der Waals surface area contributed by atoms with E-state index >= 15 is 0 Å². The van der Waals surface area contributed by atoms with E-state index in [1.807, 2.05) is 23.0 Å². The second-order valence-corrected chi connectivity index (χ2v) is 4.57. The molecule has 20 heavy (non-hydrogen) atoms. The van der Waals surface area contributed by atoms with Crippen LogP contribution in [0.15, 0.2) is 42.9 Å². The molecular formula is C14H14N4O2. The molecule has 0 bridgehead atoms. The summed E-state index contributed by atoms with van der Waals surface area (Å²) >= 11 is 0. The zero-order valence-electron chi connectivity index (χ0n) is 11.1. The van der Waals surface area contributed by atoms with E-state index in [-0.39, 0.29) is 10.6 Å². The summed E-state index contributed by atoms with van der Waals surface area (Å²) < 4.78 is 4.13. The van der Waals surface area contributed by atoms with Gasteiger partial charge in [0, 0.05) is 48.2 Å². The molecule has 2 heterocycles. The highest BCUT2D eigenvalue weighted by Gasteiger charge is 2.10. The molecule has 3 aromatic rings. The van der Waals surface area contributed by atoms with Crippen LogP contribution in [0.4, 0.5) is 5.69 Å². The number of nitro groups is 1. The topological polar surface area (TPSA) is 65.9 Å². The molecule has 6 heteroatoms. The highest BCUT2D eigenvalue weighted by molar-refractivity contribution is 5.82. The fourth-order valence-corrected chi connectivity index (χ4v) is 2.37. The van der Waals surface area contributed by atoms with Crippen molar-refractivity contribution in [2.45, 2.75) is 20.0 Å². The third kappa shape index (κ3) is 2.05. The predicted molar refractivity (Wildman–Crippen MR) is 75.6 cm³/mol. The maximum atomic E-state index is 10.8. The molecule has 0 radical (unpaired) electrons. The molecule has 2 aromatic heterocycles. The number of imidazole rings is 1. The molecule has 6 nitrogen and oxygen atoms in total. The van der Waals surface area contributed by atoms with Gasteiger partial charge in [0.25, 0.3) is 5.69 Å². The highest BCUT2D eigenvalue weighted by Crippen LogP contribution is 2.22.